The minimum absolute atomic E-state index is 0.119. The molecule has 88 valence electrons. The molecule has 0 aliphatic heterocycles. The predicted octanol–water partition coefficient (Wildman–Crippen LogP) is 0.595. The summed E-state index contributed by atoms with van der Waals surface area (Å²) in [6.45, 7) is 1.78. The zero-order valence-corrected chi connectivity index (χ0v) is 9.51. The number of nitrogens with one attached hydrogen (secondary N) is 1. The van der Waals surface area contributed by atoms with Gasteiger partial charge in [0.1, 0.15) is 11.5 Å². The van der Waals surface area contributed by atoms with Crippen molar-refractivity contribution in [3.8, 4) is 11.8 Å². The van der Waals surface area contributed by atoms with Crippen LogP contribution in [-0.4, -0.2) is 25.6 Å². The van der Waals surface area contributed by atoms with Gasteiger partial charge < -0.3 is 10.5 Å². The molecule has 17 heavy (non-hydrogen) atoms. The van der Waals surface area contributed by atoms with E-state index >= 15 is 0 Å². The number of aromatic nitrogens is 4. The van der Waals surface area contributed by atoms with Gasteiger partial charge in [0.05, 0.1) is 12.4 Å². The van der Waals surface area contributed by atoms with Crippen LogP contribution >= 0.6 is 0 Å². The van der Waals surface area contributed by atoms with Crippen molar-refractivity contribution in [1.29, 1.82) is 5.41 Å². The summed E-state index contributed by atoms with van der Waals surface area (Å²) in [5.41, 5.74) is 6.40. The molecule has 0 saturated carbocycles. The molecule has 7 heteroatoms. The maximum atomic E-state index is 7.33. The van der Waals surface area contributed by atoms with Gasteiger partial charge in [-0.25, -0.2) is 4.98 Å². The highest BCUT2D eigenvalue weighted by Gasteiger charge is 2.07. The monoisotopic (exact) mass is 232 g/mol. The van der Waals surface area contributed by atoms with Crippen molar-refractivity contribution in [2.24, 2.45) is 12.8 Å². The van der Waals surface area contributed by atoms with Crippen molar-refractivity contribution >= 4 is 5.84 Å². The van der Waals surface area contributed by atoms with Gasteiger partial charge in [0.25, 0.3) is 0 Å². The third-order valence-electron chi connectivity index (χ3n) is 2.00. The van der Waals surface area contributed by atoms with E-state index in [4.69, 9.17) is 15.9 Å². The molecule has 0 atom stereocenters. The topological polar surface area (TPSA) is 103 Å². The number of aryl methyl sites for hydroxylation is 2. The van der Waals surface area contributed by atoms with Gasteiger partial charge in [-0.15, -0.1) is 0 Å². The fraction of sp³-hybridized carbons (Fsp3) is 0.200. The summed E-state index contributed by atoms with van der Waals surface area (Å²) in [4.78, 5) is 8.12. The van der Waals surface area contributed by atoms with Crippen LogP contribution in [0.25, 0.3) is 0 Å². The van der Waals surface area contributed by atoms with Gasteiger partial charge in [0.15, 0.2) is 5.75 Å². The Morgan fingerprint density at radius 3 is 2.82 bits per heavy atom. The van der Waals surface area contributed by atoms with Crippen LogP contribution < -0.4 is 10.5 Å². The van der Waals surface area contributed by atoms with Crippen molar-refractivity contribution in [1.82, 2.24) is 19.7 Å². The molecule has 3 N–H and O–H groups in total. The Morgan fingerprint density at radius 1 is 1.47 bits per heavy atom. The van der Waals surface area contributed by atoms with Crippen LogP contribution in [0.15, 0.2) is 18.5 Å². The first kappa shape index (κ1) is 11.1. The highest BCUT2D eigenvalue weighted by Crippen LogP contribution is 2.16. The number of ether oxygens (including phenoxy) is 1. The van der Waals surface area contributed by atoms with E-state index in [9.17, 15) is 0 Å². The number of hydrogen-bond donors (Lipinski definition) is 2. The Labute approximate surface area is 97.8 Å². The van der Waals surface area contributed by atoms with Crippen molar-refractivity contribution in [3.05, 3.63) is 29.8 Å². The lowest BCUT2D eigenvalue weighted by Gasteiger charge is -2.04. The van der Waals surface area contributed by atoms with Crippen LogP contribution in [0.1, 0.15) is 11.4 Å². The van der Waals surface area contributed by atoms with E-state index in [1.165, 1.54) is 0 Å². The van der Waals surface area contributed by atoms with Crippen LogP contribution in [0.5, 0.6) is 11.8 Å². The van der Waals surface area contributed by atoms with E-state index in [0.717, 1.165) is 0 Å². The van der Waals surface area contributed by atoms with E-state index in [1.807, 2.05) is 0 Å². The number of amidine groups is 1. The van der Waals surface area contributed by atoms with Gasteiger partial charge in [-0.1, -0.05) is 0 Å². The van der Waals surface area contributed by atoms with Crippen molar-refractivity contribution in [2.75, 3.05) is 0 Å². The summed E-state index contributed by atoms with van der Waals surface area (Å²) in [6.07, 6.45) is 3.25. The fourth-order valence-electron chi connectivity index (χ4n) is 1.28. The summed E-state index contributed by atoms with van der Waals surface area (Å²) in [7, 11) is 1.78. The maximum Gasteiger partial charge on any atom is 0.322 e. The Bertz CT molecular complexity index is 562. The summed E-state index contributed by atoms with van der Waals surface area (Å²) in [5.74, 6) is 0.416. The highest BCUT2D eigenvalue weighted by molar-refractivity contribution is 5.93. The van der Waals surface area contributed by atoms with E-state index in [1.54, 1.807) is 37.1 Å². The first-order valence-electron chi connectivity index (χ1n) is 4.91. The average molecular weight is 232 g/mol. The largest absolute Gasteiger partial charge is 0.421 e. The molecule has 2 aromatic rings. The molecule has 2 aromatic heterocycles. The molecule has 0 aliphatic rings. The molecule has 0 radical (unpaired) electrons. The predicted molar refractivity (Wildman–Crippen MR) is 61.1 cm³/mol. The third-order valence-corrected chi connectivity index (χ3v) is 2.00. The van der Waals surface area contributed by atoms with E-state index in [-0.39, 0.29) is 11.8 Å². The molecule has 0 unspecified atom stereocenters. The van der Waals surface area contributed by atoms with Crippen LogP contribution in [0.4, 0.5) is 0 Å². The minimum Gasteiger partial charge on any atom is -0.421 e. The van der Waals surface area contributed by atoms with Gasteiger partial charge in [0, 0.05) is 12.7 Å². The smallest absolute Gasteiger partial charge is 0.322 e. The second-order valence-corrected chi connectivity index (χ2v) is 3.54. The fourth-order valence-corrected chi connectivity index (χ4v) is 1.28. The molecule has 0 fully saturated rings. The number of hydrogen-bond acceptors (Lipinski definition) is 5. The molecular formula is C10H12N6O. The lowest BCUT2D eigenvalue weighted by atomic mass is 10.3. The number of nitrogens with zero attached hydrogens (tertiary/aromatic N) is 4. The summed E-state index contributed by atoms with van der Waals surface area (Å²) < 4.78 is 7.02. The van der Waals surface area contributed by atoms with Gasteiger partial charge in [-0.3, -0.25) is 10.1 Å². The Morgan fingerprint density at radius 2 is 2.24 bits per heavy atom. The zero-order chi connectivity index (χ0) is 12.4. The second kappa shape index (κ2) is 4.20. The highest BCUT2D eigenvalue weighted by atomic mass is 16.5. The number of nitrogen functional groups attached to an aromatic ring is 1. The Balaban J connectivity index is 2.29. The first-order chi connectivity index (χ1) is 8.04. The first-order valence-corrected chi connectivity index (χ1v) is 4.91. The Kier molecular flexibility index (Phi) is 2.73. The van der Waals surface area contributed by atoms with Gasteiger partial charge in [-0.2, -0.15) is 10.1 Å². The minimum atomic E-state index is -0.119. The quantitative estimate of drug-likeness (QED) is 0.595. The summed E-state index contributed by atoms with van der Waals surface area (Å²) >= 11 is 0. The van der Waals surface area contributed by atoms with E-state index in [0.29, 0.717) is 17.1 Å². The maximum absolute atomic E-state index is 7.33. The van der Waals surface area contributed by atoms with Crippen molar-refractivity contribution in [2.45, 2.75) is 6.92 Å². The average Bonchev–Trinajstić information content (AvgIpc) is 2.63. The molecule has 0 saturated heterocycles. The van der Waals surface area contributed by atoms with E-state index in [2.05, 4.69) is 15.1 Å². The lowest BCUT2D eigenvalue weighted by molar-refractivity contribution is 0.439. The Hall–Kier alpha value is -2.44. The van der Waals surface area contributed by atoms with Crippen LogP contribution in [0, 0.1) is 12.3 Å². The zero-order valence-electron chi connectivity index (χ0n) is 9.51. The lowest BCUT2D eigenvalue weighted by Crippen LogP contribution is -2.14. The summed E-state index contributed by atoms with van der Waals surface area (Å²) in [5, 5.41) is 11.3. The van der Waals surface area contributed by atoms with E-state index < -0.39 is 0 Å². The molecule has 2 heterocycles. The van der Waals surface area contributed by atoms with Crippen LogP contribution in [0.3, 0.4) is 0 Å². The standard InChI is InChI=1S/C10H12N6O/c1-6-3-8(9(11)12)15-10(14-6)17-7-4-13-16(2)5-7/h3-5H,1-2H3,(H3,11,12). The molecule has 0 aliphatic carbocycles. The molecule has 0 spiro atoms. The second-order valence-electron chi connectivity index (χ2n) is 3.54. The van der Waals surface area contributed by atoms with Gasteiger partial charge in [0.2, 0.25) is 0 Å². The SMILES string of the molecule is Cc1cc(C(=N)N)nc(Oc2cnn(C)c2)n1. The van der Waals surface area contributed by atoms with Crippen molar-refractivity contribution < 1.29 is 4.74 Å². The van der Waals surface area contributed by atoms with Crippen molar-refractivity contribution in [3.63, 3.8) is 0 Å². The van der Waals surface area contributed by atoms with Crippen LogP contribution in [0.2, 0.25) is 0 Å². The normalized spacial score (nSPS) is 10.2. The molecule has 0 amide bonds. The molecular weight excluding hydrogens is 220 g/mol. The number of rotatable bonds is 3. The molecule has 0 aromatic carbocycles. The molecule has 0 bridgehead atoms. The molecule has 7 nitrogen and oxygen atoms in total. The van der Waals surface area contributed by atoms with Gasteiger partial charge >= 0.3 is 6.01 Å². The molecule has 2 rings (SSSR count). The van der Waals surface area contributed by atoms with Gasteiger partial charge in [-0.05, 0) is 13.0 Å². The summed E-state index contributed by atoms with van der Waals surface area (Å²) in [6, 6.07) is 1.78. The number of nitrogens with two attached hydrogens (primary N) is 1. The van der Waals surface area contributed by atoms with Crippen LogP contribution in [-0.2, 0) is 7.05 Å². The third kappa shape index (κ3) is 2.57.